The average Bonchev–Trinajstić information content (AvgIpc) is 2.37. The van der Waals surface area contributed by atoms with Crippen molar-refractivity contribution in [1.29, 1.82) is 0 Å². The quantitative estimate of drug-likeness (QED) is 0.925. The van der Waals surface area contributed by atoms with Gasteiger partial charge in [-0.1, -0.05) is 23.7 Å². The smallest absolute Gasteiger partial charge is 0.126 e. The molecule has 0 saturated heterocycles. The lowest BCUT2D eigenvalue weighted by atomic mass is 10.0. The van der Waals surface area contributed by atoms with Gasteiger partial charge in [0.1, 0.15) is 11.9 Å². The second-order valence-corrected chi connectivity index (χ2v) is 4.52. The fourth-order valence-corrected chi connectivity index (χ4v) is 1.98. The highest BCUT2D eigenvalue weighted by Crippen LogP contribution is 2.31. The summed E-state index contributed by atoms with van der Waals surface area (Å²) in [6.45, 7) is 1.93. The molecule has 1 atom stereocenters. The molecule has 94 valence electrons. The number of hydrogen-bond donors (Lipinski definition) is 1. The minimum absolute atomic E-state index is 0.566. The number of hydrogen-bond acceptors (Lipinski definition) is 3. The van der Waals surface area contributed by atoms with Gasteiger partial charge in [0.15, 0.2) is 0 Å². The number of aryl methyl sites for hydroxylation is 1. The number of nitrogens with zero attached hydrogens (tertiary/aromatic N) is 1. The summed E-state index contributed by atoms with van der Waals surface area (Å²) in [5.41, 5.74) is 2.41. The number of pyridine rings is 1. The molecule has 1 aromatic heterocycles. The molecule has 0 bridgehead atoms. The van der Waals surface area contributed by atoms with Gasteiger partial charge in [0, 0.05) is 28.5 Å². The third kappa shape index (κ3) is 2.63. The third-order valence-corrected chi connectivity index (χ3v) is 2.94. The van der Waals surface area contributed by atoms with Gasteiger partial charge in [-0.2, -0.15) is 0 Å². The Morgan fingerprint density at radius 2 is 2.06 bits per heavy atom. The highest BCUT2D eigenvalue weighted by molar-refractivity contribution is 6.30. The summed E-state index contributed by atoms with van der Waals surface area (Å²) in [6.07, 6.45) is 2.62. The number of rotatable bonds is 3. The SMILES string of the molecule is COc1cc(Cl)ccc1C(O)c1cncc(C)c1. The van der Waals surface area contributed by atoms with Crippen LogP contribution in [0.3, 0.4) is 0 Å². The molecule has 1 unspecified atom stereocenters. The molecule has 1 N–H and O–H groups in total. The second kappa shape index (κ2) is 5.38. The topological polar surface area (TPSA) is 42.4 Å². The zero-order chi connectivity index (χ0) is 13.1. The summed E-state index contributed by atoms with van der Waals surface area (Å²) in [7, 11) is 1.55. The van der Waals surface area contributed by atoms with E-state index < -0.39 is 6.10 Å². The predicted molar refractivity (Wildman–Crippen MR) is 71.0 cm³/mol. The summed E-state index contributed by atoms with van der Waals surface area (Å²) in [5, 5.41) is 10.9. The minimum Gasteiger partial charge on any atom is -0.496 e. The lowest BCUT2D eigenvalue weighted by molar-refractivity contribution is 0.214. The van der Waals surface area contributed by atoms with E-state index in [1.165, 1.54) is 0 Å². The largest absolute Gasteiger partial charge is 0.496 e. The molecule has 0 aliphatic rings. The van der Waals surface area contributed by atoms with Gasteiger partial charge in [0.25, 0.3) is 0 Å². The van der Waals surface area contributed by atoms with Gasteiger partial charge in [-0.3, -0.25) is 4.98 Å². The van der Waals surface area contributed by atoms with Gasteiger partial charge in [-0.05, 0) is 24.6 Å². The van der Waals surface area contributed by atoms with Gasteiger partial charge >= 0.3 is 0 Å². The Hall–Kier alpha value is -1.58. The highest BCUT2D eigenvalue weighted by Gasteiger charge is 2.16. The Bertz CT molecular complexity index is 557. The second-order valence-electron chi connectivity index (χ2n) is 4.08. The maximum Gasteiger partial charge on any atom is 0.126 e. The summed E-state index contributed by atoms with van der Waals surface area (Å²) < 4.78 is 5.23. The summed E-state index contributed by atoms with van der Waals surface area (Å²) in [4.78, 5) is 4.08. The number of halogens is 1. The standard InChI is InChI=1S/C14H14ClNO2/c1-9-5-10(8-16-7-9)14(17)12-4-3-11(15)6-13(12)18-2/h3-8,14,17H,1-2H3. The van der Waals surface area contributed by atoms with Crippen molar-refractivity contribution < 1.29 is 9.84 Å². The molecule has 4 heteroatoms. The van der Waals surface area contributed by atoms with Gasteiger partial charge in [0.2, 0.25) is 0 Å². The first-order valence-corrected chi connectivity index (χ1v) is 5.92. The summed E-state index contributed by atoms with van der Waals surface area (Å²) in [6, 6.07) is 7.06. The molecule has 0 amide bonds. The molecule has 0 radical (unpaired) electrons. The van der Waals surface area contributed by atoms with E-state index in [9.17, 15) is 5.11 Å². The number of ether oxygens (including phenoxy) is 1. The van der Waals surface area contributed by atoms with Gasteiger partial charge in [0.05, 0.1) is 7.11 Å². The van der Waals surface area contributed by atoms with E-state index in [4.69, 9.17) is 16.3 Å². The zero-order valence-electron chi connectivity index (χ0n) is 10.2. The molecule has 18 heavy (non-hydrogen) atoms. The van der Waals surface area contributed by atoms with E-state index >= 15 is 0 Å². The zero-order valence-corrected chi connectivity index (χ0v) is 11.0. The van der Waals surface area contributed by atoms with E-state index in [1.54, 1.807) is 37.7 Å². The van der Waals surface area contributed by atoms with Crippen LogP contribution in [-0.4, -0.2) is 17.2 Å². The third-order valence-electron chi connectivity index (χ3n) is 2.70. The normalized spacial score (nSPS) is 12.2. The predicted octanol–water partition coefficient (Wildman–Crippen LogP) is 3.13. The van der Waals surface area contributed by atoms with Gasteiger partial charge in [-0.25, -0.2) is 0 Å². The van der Waals surface area contributed by atoms with E-state index in [-0.39, 0.29) is 0 Å². The van der Waals surface area contributed by atoms with E-state index in [1.807, 2.05) is 13.0 Å². The Morgan fingerprint density at radius 1 is 1.28 bits per heavy atom. The van der Waals surface area contributed by atoms with Crippen LogP contribution >= 0.6 is 11.6 Å². The van der Waals surface area contributed by atoms with Crippen molar-refractivity contribution in [1.82, 2.24) is 4.98 Å². The van der Waals surface area contributed by atoms with Crippen molar-refractivity contribution in [3.05, 3.63) is 58.4 Å². The molecule has 0 aliphatic carbocycles. The first-order chi connectivity index (χ1) is 8.61. The highest BCUT2D eigenvalue weighted by atomic mass is 35.5. The van der Waals surface area contributed by atoms with Crippen molar-refractivity contribution in [2.24, 2.45) is 0 Å². The lowest BCUT2D eigenvalue weighted by Crippen LogP contribution is -2.03. The van der Waals surface area contributed by atoms with Crippen LogP contribution < -0.4 is 4.74 Å². The molecule has 1 aromatic carbocycles. The first-order valence-electron chi connectivity index (χ1n) is 5.55. The Morgan fingerprint density at radius 3 is 2.72 bits per heavy atom. The van der Waals surface area contributed by atoms with Gasteiger partial charge < -0.3 is 9.84 Å². The molecule has 2 aromatic rings. The maximum atomic E-state index is 10.4. The molecule has 0 spiro atoms. The van der Waals surface area contributed by atoms with E-state index in [0.29, 0.717) is 16.3 Å². The Balaban J connectivity index is 2.42. The van der Waals surface area contributed by atoms with Crippen LogP contribution in [0.25, 0.3) is 0 Å². The Labute approximate surface area is 111 Å². The molecule has 3 nitrogen and oxygen atoms in total. The van der Waals surface area contributed by atoms with Crippen LogP contribution in [0.2, 0.25) is 5.02 Å². The van der Waals surface area contributed by atoms with Crippen molar-refractivity contribution in [2.45, 2.75) is 13.0 Å². The number of methoxy groups -OCH3 is 1. The molecule has 2 rings (SSSR count). The molecule has 0 saturated carbocycles. The fraction of sp³-hybridized carbons (Fsp3) is 0.214. The first kappa shape index (κ1) is 12.9. The van der Waals surface area contributed by atoms with Crippen LogP contribution in [-0.2, 0) is 0 Å². The molecular formula is C14H14ClNO2. The molecule has 0 aliphatic heterocycles. The minimum atomic E-state index is -0.774. The van der Waals surface area contributed by atoms with Crippen LogP contribution in [0, 0.1) is 6.92 Å². The number of benzene rings is 1. The van der Waals surface area contributed by atoms with Crippen LogP contribution in [0.1, 0.15) is 22.8 Å². The van der Waals surface area contributed by atoms with E-state index in [0.717, 1.165) is 11.1 Å². The number of aliphatic hydroxyl groups excluding tert-OH is 1. The van der Waals surface area contributed by atoms with Crippen molar-refractivity contribution in [3.63, 3.8) is 0 Å². The number of aromatic nitrogens is 1. The lowest BCUT2D eigenvalue weighted by Gasteiger charge is -2.15. The van der Waals surface area contributed by atoms with Crippen LogP contribution in [0.4, 0.5) is 0 Å². The summed E-state index contributed by atoms with van der Waals surface area (Å²) in [5.74, 6) is 0.566. The van der Waals surface area contributed by atoms with Crippen LogP contribution in [0.5, 0.6) is 5.75 Å². The Kier molecular flexibility index (Phi) is 3.84. The average molecular weight is 264 g/mol. The van der Waals surface area contributed by atoms with Crippen molar-refractivity contribution >= 4 is 11.6 Å². The van der Waals surface area contributed by atoms with Gasteiger partial charge in [-0.15, -0.1) is 0 Å². The molecule has 1 heterocycles. The fourth-order valence-electron chi connectivity index (χ4n) is 1.82. The van der Waals surface area contributed by atoms with Crippen LogP contribution in [0.15, 0.2) is 36.7 Å². The van der Waals surface area contributed by atoms with Crippen molar-refractivity contribution in [3.8, 4) is 5.75 Å². The van der Waals surface area contributed by atoms with E-state index in [2.05, 4.69) is 4.98 Å². The molecular weight excluding hydrogens is 250 g/mol. The number of aliphatic hydroxyl groups is 1. The molecule has 0 fully saturated rings. The maximum absolute atomic E-state index is 10.4. The monoisotopic (exact) mass is 263 g/mol. The van der Waals surface area contributed by atoms with Crippen molar-refractivity contribution in [2.75, 3.05) is 7.11 Å². The summed E-state index contributed by atoms with van der Waals surface area (Å²) >= 11 is 5.90.